The monoisotopic (exact) mass is 147 g/mol. The first-order chi connectivity index (χ1) is 4.70. The Hall–Kier alpha value is -0.110. The summed E-state index contributed by atoms with van der Waals surface area (Å²) in [6.07, 6.45) is 0.647. The van der Waals surface area contributed by atoms with Gasteiger partial charge in [0.2, 0.25) is 0 Å². The van der Waals surface area contributed by atoms with Gasteiger partial charge in [-0.25, -0.2) is 4.39 Å². The maximum Gasteiger partial charge on any atom is 0.101 e. The topological polar surface area (TPSA) is 12.0 Å². The molecule has 0 aromatic rings. The van der Waals surface area contributed by atoms with Crippen LogP contribution in [0, 0.1) is 0 Å². The number of hydrogen-bond acceptors (Lipinski definition) is 1. The van der Waals surface area contributed by atoms with Gasteiger partial charge in [-0.15, -0.1) is 0 Å². The summed E-state index contributed by atoms with van der Waals surface area (Å²) < 4.78 is 12.7. The molecule has 0 spiro atoms. The fourth-order valence-electron chi connectivity index (χ4n) is 0.982. The maximum atomic E-state index is 12.7. The number of alkyl halides is 1. The van der Waals surface area contributed by atoms with E-state index in [0.29, 0.717) is 18.9 Å². The summed E-state index contributed by atoms with van der Waals surface area (Å²) in [4.78, 5) is 0. The molecule has 0 amide bonds. The number of hydrogen-bond donors (Lipinski definition) is 1. The lowest BCUT2D eigenvalue weighted by molar-refractivity contribution is 0.278. The Morgan fingerprint density at radius 2 is 2.00 bits per heavy atom. The highest BCUT2D eigenvalue weighted by atomic mass is 19.1. The van der Waals surface area contributed by atoms with E-state index in [1.54, 1.807) is 0 Å². The molecule has 0 heterocycles. The molecule has 2 heteroatoms. The Bertz CT molecular complexity index is 75.7. The highest BCUT2D eigenvalue weighted by Gasteiger charge is 2.07. The summed E-state index contributed by atoms with van der Waals surface area (Å²) in [6, 6.07) is 0.319. The van der Waals surface area contributed by atoms with Crippen LogP contribution < -0.4 is 5.32 Å². The van der Waals surface area contributed by atoms with Gasteiger partial charge in [0.05, 0.1) is 0 Å². The molecule has 2 unspecified atom stereocenters. The van der Waals surface area contributed by atoms with Crippen LogP contribution in [0.5, 0.6) is 0 Å². The molecule has 0 aromatic carbocycles. The van der Waals surface area contributed by atoms with Crippen molar-refractivity contribution in [2.75, 3.05) is 6.54 Å². The van der Waals surface area contributed by atoms with Crippen LogP contribution in [0.15, 0.2) is 0 Å². The van der Waals surface area contributed by atoms with E-state index in [1.165, 1.54) is 0 Å². The first-order valence-corrected chi connectivity index (χ1v) is 4.08. The quantitative estimate of drug-likeness (QED) is 0.628. The maximum absolute atomic E-state index is 12.7. The van der Waals surface area contributed by atoms with Crippen molar-refractivity contribution >= 4 is 0 Å². The molecule has 1 N–H and O–H groups in total. The van der Waals surface area contributed by atoms with Gasteiger partial charge in [0.1, 0.15) is 6.17 Å². The number of halogens is 1. The van der Waals surface area contributed by atoms with Crippen molar-refractivity contribution in [3.8, 4) is 0 Å². The third-order valence-corrected chi connectivity index (χ3v) is 1.60. The molecule has 0 rings (SSSR count). The molecule has 0 fully saturated rings. The van der Waals surface area contributed by atoms with Crippen LogP contribution in [-0.4, -0.2) is 18.8 Å². The molecule has 0 saturated carbocycles. The van der Waals surface area contributed by atoms with Gasteiger partial charge in [-0.1, -0.05) is 13.8 Å². The minimum atomic E-state index is -0.631. The molecular weight excluding hydrogens is 129 g/mol. The minimum absolute atomic E-state index is 0.319. The van der Waals surface area contributed by atoms with Gasteiger partial charge in [0.15, 0.2) is 0 Å². The second-order valence-corrected chi connectivity index (χ2v) is 2.70. The molecule has 2 atom stereocenters. The zero-order valence-electron chi connectivity index (χ0n) is 7.15. The van der Waals surface area contributed by atoms with E-state index in [1.807, 2.05) is 20.8 Å². The van der Waals surface area contributed by atoms with Gasteiger partial charge in [-0.3, -0.25) is 0 Å². The van der Waals surface area contributed by atoms with Gasteiger partial charge >= 0.3 is 0 Å². The Morgan fingerprint density at radius 1 is 1.40 bits per heavy atom. The average molecular weight is 147 g/mol. The summed E-state index contributed by atoms with van der Waals surface area (Å²) >= 11 is 0. The standard InChI is InChI=1S/C8H18FN/c1-4-8(9)6-7(3)10-5-2/h7-8,10H,4-6H2,1-3H3. The summed E-state index contributed by atoms with van der Waals surface area (Å²) in [5, 5.41) is 3.17. The van der Waals surface area contributed by atoms with Crippen molar-refractivity contribution in [3.63, 3.8) is 0 Å². The molecule has 0 aliphatic heterocycles. The second kappa shape index (κ2) is 5.66. The van der Waals surface area contributed by atoms with Gasteiger partial charge < -0.3 is 5.32 Å². The van der Waals surface area contributed by atoms with E-state index in [-0.39, 0.29) is 0 Å². The lowest BCUT2D eigenvalue weighted by Gasteiger charge is -2.13. The smallest absolute Gasteiger partial charge is 0.101 e. The van der Waals surface area contributed by atoms with E-state index in [9.17, 15) is 4.39 Å². The first kappa shape index (κ1) is 9.89. The van der Waals surface area contributed by atoms with E-state index in [0.717, 1.165) is 6.54 Å². The first-order valence-electron chi connectivity index (χ1n) is 4.08. The summed E-state index contributed by atoms with van der Waals surface area (Å²) in [5.41, 5.74) is 0. The summed E-state index contributed by atoms with van der Waals surface area (Å²) in [7, 11) is 0. The van der Waals surface area contributed by atoms with Gasteiger partial charge in [0, 0.05) is 6.04 Å². The lowest BCUT2D eigenvalue weighted by Crippen LogP contribution is -2.28. The predicted molar refractivity (Wildman–Crippen MR) is 42.9 cm³/mol. The van der Waals surface area contributed by atoms with Crippen molar-refractivity contribution in [3.05, 3.63) is 0 Å². The molecule has 0 radical (unpaired) electrons. The Kier molecular flexibility index (Phi) is 5.60. The van der Waals surface area contributed by atoms with E-state index in [4.69, 9.17) is 0 Å². The SMILES string of the molecule is CCNC(C)CC(F)CC. The van der Waals surface area contributed by atoms with Crippen molar-refractivity contribution in [1.29, 1.82) is 0 Å². The Balaban J connectivity index is 3.27. The molecule has 1 nitrogen and oxygen atoms in total. The highest BCUT2D eigenvalue weighted by molar-refractivity contribution is 4.64. The molecule has 10 heavy (non-hydrogen) atoms. The van der Waals surface area contributed by atoms with Crippen LogP contribution in [0.2, 0.25) is 0 Å². The molecule has 0 aromatic heterocycles. The average Bonchev–Trinajstić information content (AvgIpc) is 1.88. The van der Waals surface area contributed by atoms with Crippen LogP contribution in [0.25, 0.3) is 0 Å². The molecule has 62 valence electrons. The Labute approximate surface area is 63.0 Å². The second-order valence-electron chi connectivity index (χ2n) is 2.70. The fraction of sp³-hybridized carbons (Fsp3) is 1.00. The molecular formula is C8H18FN. The molecule has 0 saturated heterocycles. The minimum Gasteiger partial charge on any atom is -0.314 e. The molecule has 0 aliphatic rings. The van der Waals surface area contributed by atoms with Crippen LogP contribution in [0.3, 0.4) is 0 Å². The van der Waals surface area contributed by atoms with Crippen molar-refractivity contribution < 1.29 is 4.39 Å². The predicted octanol–water partition coefficient (Wildman–Crippen LogP) is 2.12. The van der Waals surface area contributed by atoms with Crippen molar-refractivity contribution in [2.45, 2.75) is 45.8 Å². The summed E-state index contributed by atoms with van der Waals surface area (Å²) in [5.74, 6) is 0. The highest BCUT2D eigenvalue weighted by Crippen LogP contribution is 2.05. The largest absolute Gasteiger partial charge is 0.314 e. The van der Waals surface area contributed by atoms with Crippen molar-refractivity contribution in [1.82, 2.24) is 5.32 Å². The van der Waals surface area contributed by atoms with E-state index < -0.39 is 6.17 Å². The van der Waals surface area contributed by atoms with Crippen LogP contribution in [0.1, 0.15) is 33.6 Å². The molecule has 0 bridgehead atoms. The van der Waals surface area contributed by atoms with Crippen LogP contribution in [0.4, 0.5) is 4.39 Å². The van der Waals surface area contributed by atoms with Crippen LogP contribution >= 0.6 is 0 Å². The third-order valence-electron chi connectivity index (χ3n) is 1.60. The normalized spacial score (nSPS) is 16.8. The fourth-order valence-corrected chi connectivity index (χ4v) is 0.982. The van der Waals surface area contributed by atoms with Gasteiger partial charge in [-0.05, 0) is 26.3 Å². The van der Waals surface area contributed by atoms with Gasteiger partial charge in [-0.2, -0.15) is 0 Å². The zero-order valence-corrected chi connectivity index (χ0v) is 7.15. The number of nitrogens with one attached hydrogen (secondary N) is 1. The lowest BCUT2D eigenvalue weighted by atomic mass is 10.1. The Morgan fingerprint density at radius 3 is 2.40 bits per heavy atom. The molecule has 0 aliphatic carbocycles. The third kappa shape index (κ3) is 4.74. The summed E-state index contributed by atoms with van der Waals surface area (Å²) in [6.45, 7) is 6.86. The van der Waals surface area contributed by atoms with E-state index in [2.05, 4.69) is 5.32 Å². The van der Waals surface area contributed by atoms with E-state index >= 15 is 0 Å². The van der Waals surface area contributed by atoms with Gasteiger partial charge in [0.25, 0.3) is 0 Å². The van der Waals surface area contributed by atoms with Crippen molar-refractivity contribution in [2.24, 2.45) is 0 Å². The number of rotatable bonds is 5. The zero-order chi connectivity index (χ0) is 7.98. The van der Waals surface area contributed by atoms with Crippen LogP contribution in [-0.2, 0) is 0 Å².